The maximum atomic E-state index is 10.3. The number of aliphatic hydroxyl groups is 1. The second-order valence-corrected chi connectivity index (χ2v) is 9.05. The average Bonchev–Trinajstić information content (AvgIpc) is 2.85. The Labute approximate surface area is 198 Å². The van der Waals surface area contributed by atoms with E-state index in [-0.39, 0.29) is 6.10 Å². The van der Waals surface area contributed by atoms with Gasteiger partial charge in [-0.3, -0.25) is 4.90 Å². The largest absolute Gasteiger partial charge is 0.392 e. The normalized spacial score (nSPS) is 15.5. The van der Waals surface area contributed by atoms with Crippen molar-refractivity contribution in [3.05, 3.63) is 77.5 Å². The van der Waals surface area contributed by atoms with Gasteiger partial charge in [-0.05, 0) is 18.9 Å². The van der Waals surface area contributed by atoms with E-state index in [4.69, 9.17) is 9.97 Å². The Kier molecular flexibility index (Phi) is 8.08. The first-order valence-electron chi connectivity index (χ1n) is 12.3. The maximum Gasteiger partial charge on any atom is 0.161 e. The molecule has 1 aliphatic heterocycles. The number of aryl methyl sites for hydroxylation is 1. The molecule has 0 radical (unpaired) electrons. The molecule has 0 spiro atoms. The Morgan fingerprint density at radius 1 is 0.909 bits per heavy atom. The number of anilines is 1. The summed E-state index contributed by atoms with van der Waals surface area (Å²) >= 11 is 0. The number of hydrogen-bond acceptors (Lipinski definition) is 5. The number of benzene rings is 2. The summed E-state index contributed by atoms with van der Waals surface area (Å²) in [5.41, 5.74) is 4.57. The smallest absolute Gasteiger partial charge is 0.161 e. The number of hydrogen-bond donors (Lipinski definition) is 1. The lowest BCUT2D eigenvalue weighted by molar-refractivity contribution is 0.100. The van der Waals surface area contributed by atoms with Crippen LogP contribution in [0.4, 0.5) is 5.82 Å². The van der Waals surface area contributed by atoms with Crippen LogP contribution in [0.15, 0.2) is 60.7 Å². The number of rotatable bonds is 9. The Morgan fingerprint density at radius 2 is 1.58 bits per heavy atom. The van der Waals surface area contributed by atoms with Crippen LogP contribution in [-0.4, -0.2) is 58.8 Å². The minimum Gasteiger partial charge on any atom is -0.392 e. The van der Waals surface area contributed by atoms with Gasteiger partial charge >= 0.3 is 0 Å². The van der Waals surface area contributed by atoms with Crippen molar-refractivity contribution < 1.29 is 5.11 Å². The molecule has 2 aromatic carbocycles. The van der Waals surface area contributed by atoms with Gasteiger partial charge in [0.2, 0.25) is 0 Å². The van der Waals surface area contributed by atoms with E-state index in [2.05, 4.69) is 66.1 Å². The summed E-state index contributed by atoms with van der Waals surface area (Å²) < 4.78 is 0. The molecule has 4 rings (SSSR count). The van der Waals surface area contributed by atoms with E-state index < -0.39 is 0 Å². The lowest BCUT2D eigenvalue weighted by Gasteiger charge is -2.37. The van der Waals surface area contributed by atoms with Gasteiger partial charge in [0.25, 0.3) is 0 Å². The van der Waals surface area contributed by atoms with Crippen LogP contribution in [-0.2, 0) is 6.42 Å². The summed E-state index contributed by atoms with van der Waals surface area (Å²) in [5.74, 6) is 1.84. The van der Waals surface area contributed by atoms with E-state index in [1.54, 1.807) is 0 Å². The fraction of sp³-hybridized carbons (Fsp3) is 0.429. The van der Waals surface area contributed by atoms with Crippen molar-refractivity contribution in [3.8, 4) is 11.4 Å². The quantitative estimate of drug-likeness (QED) is 0.518. The Hall–Kier alpha value is -2.76. The lowest BCUT2D eigenvalue weighted by atomic mass is 10.0. The van der Waals surface area contributed by atoms with Crippen LogP contribution in [0.2, 0.25) is 0 Å². The molecular weight excluding hydrogens is 408 g/mol. The molecule has 0 unspecified atom stereocenters. The van der Waals surface area contributed by atoms with Crippen molar-refractivity contribution in [3.63, 3.8) is 0 Å². The molecule has 0 aliphatic carbocycles. The van der Waals surface area contributed by atoms with Gasteiger partial charge in [-0.1, -0.05) is 80.4 Å². The maximum absolute atomic E-state index is 10.3. The first kappa shape index (κ1) is 23.4. The second kappa shape index (κ2) is 11.4. The van der Waals surface area contributed by atoms with Crippen LogP contribution in [0.3, 0.4) is 0 Å². The lowest BCUT2D eigenvalue weighted by Crippen LogP contribution is -2.49. The molecule has 5 nitrogen and oxygen atoms in total. The van der Waals surface area contributed by atoms with Crippen molar-refractivity contribution in [2.45, 2.75) is 45.6 Å². The van der Waals surface area contributed by atoms with Gasteiger partial charge in [-0.15, -0.1) is 0 Å². The minimum atomic E-state index is -0.226. The summed E-state index contributed by atoms with van der Waals surface area (Å²) in [4.78, 5) is 14.8. The molecule has 0 bridgehead atoms. The second-order valence-electron chi connectivity index (χ2n) is 9.05. The van der Waals surface area contributed by atoms with Crippen molar-refractivity contribution in [1.82, 2.24) is 14.9 Å². The summed E-state index contributed by atoms with van der Waals surface area (Å²) in [6.45, 7) is 8.75. The number of aromatic nitrogens is 2. The van der Waals surface area contributed by atoms with E-state index >= 15 is 0 Å². The van der Waals surface area contributed by atoms with Gasteiger partial charge in [0.1, 0.15) is 5.82 Å². The van der Waals surface area contributed by atoms with E-state index in [9.17, 15) is 5.11 Å². The molecule has 1 N–H and O–H groups in total. The first-order chi connectivity index (χ1) is 16.1. The van der Waals surface area contributed by atoms with Crippen molar-refractivity contribution in [1.29, 1.82) is 0 Å². The third kappa shape index (κ3) is 6.18. The van der Waals surface area contributed by atoms with Crippen LogP contribution in [0.25, 0.3) is 11.4 Å². The fourth-order valence-corrected chi connectivity index (χ4v) is 4.54. The highest BCUT2D eigenvalue weighted by molar-refractivity contribution is 5.61. The van der Waals surface area contributed by atoms with Crippen LogP contribution in [0.1, 0.15) is 43.0 Å². The van der Waals surface area contributed by atoms with E-state index in [0.29, 0.717) is 0 Å². The summed E-state index contributed by atoms with van der Waals surface area (Å²) in [6, 6.07) is 20.8. The predicted molar refractivity (Wildman–Crippen MR) is 136 cm³/mol. The highest BCUT2D eigenvalue weighted by Gasteiger charge is 2.24. The van der Waals surface area contributed by atoms with Crippen LogP contribution in [0, 0.1) is 6.92 Å². The molecular formula is C28H36N4O. The van der Waals surface area contributed by atoms with Crippen molar-refractivity contribution in [2.24, 2.45) is 0 Å². The number of unbranched alkanes of at least 4 members (excludes halogenated alkanes) is 1. The Morgan fingerprint density at radius 3 is 2.24 bits per heavy atom. The topological polar surface area (TPSA) is 52.5 Å². The zero-order valence-electron chi connectivity index (χ0n) is 20.0. The number of aliphatic hydroxyl groups excluding tert-OH is 1. The minimum absolute atomic E-state index is 0.226. The highest BCUT2D eigenvalue weighted by Crippen LogP contribution is 2.28. The molecule has 33 heavy (non-hydrogen) atoms. The number of piperazine rings is 1. The molecule has 3 aromatic rings. The Bertz CT molecular complexity index is 1000. The zero-order valence-corrected chi connectivity index (χ0v) is 20.0. The molecule has 1 saturated heterocycles. The van der Waals surface area contributed by atoms with Gasteiger partial charge in [-0.2, -0.15) is 0 Å². The summed E-state index contributed by atoms with van der Waals surface area (Å²) in [7, 11) is 0. The first-order valence-corrected chi connectivity index (χ1v) is 12.3. The number of β-amino-alcohol motifs (C(OH)–C–C–N with tert-alkyl or cyclic N) is 1. The van der Waals surface area contributed by atoms with Gasteiger partial charge in [-0.25, -0.2) is 9.97 Å². The highest BCUT2D eigenvalue weighted by atomic mass is 16.3. The number of nitrogens with zero attached hydrogens (tertiary/aromatic N) is 4. The van der Waals surface area contributed by atoms with Crippen molar-refractivity contribution >= 4 is 5.82 Å². The van der Waals surface area contributed by atoms with Crippen LogP contribution < -0.4 is 4.90 Å². The monoisotopic (exact) mass is 444 g/mol. The molecule has 174 valence electrons. The summed E-state index contributed by atoms with van der Waals surface area (Å²) in [6.07, 6.45) is 3.71. The molecule has 0 amide bonds. The molecule has 5 heteroatoms. The van der Waals surface area contributed by atoms with E-state index in [0.717, 1.165) is 81.3 Å². The van der Waals surface area contributed by atoms with Gasteiger partial charge in [0, 0.05) is 56.0 Å². The molecule has 1 atom stereocenters. The molecule has 2 heterocycles. The Balaban J connectivity index is 1.57. The molecule has 1 aromatic heterocycles. The average molecular weight is 445 g/mol. The van der Waals surface area contributed by atoms with Crippen molar-refractivity contribution in [2.75, 3.05) is 37.6 Å². The predicted octanol–water partition coefficient (Wildman–Crippen LogP) is 4.72. The van der Waals surface area contributed by atoms with E-state index in [1.165, 1.54) is 11.1 Å². The molecule has 0 saturated carbocycles. The van der Waals surface area contributed by atoms with Gasteiger partial charge in [0.15, 0.2) is 5.82 Å². The van der Waals surface area contributed by atoms with Gasteiger partial charge < -0.3 is 10.0 Å². The molecule has 1 fully saturated rings. The standard InChI is InChI=1S/C28H36N4O/c1-3-4-15-25(33)21-31-16-18-32(19-17-31)28-26(20-23-11-7-5-8-12-23)22(2)29-27(30-28)24-13-9-6-10-14-24/h5-14,25,33H,3-4,15-21H2,1-2H3/t25-/m1/s1. The van der Waals surface area contributed by atoms with Crippen LogP contribution in [0.5, 0.6) is 0 Å². The summed E-state index contributed by atoms with van der Waals surface area (Å²) in [5, 5.41) is 10.3. The zero-order chi connectivity index (χ0) is 23.0. The fourth-order valence-electron chi connectivity index (χ4n) is 4.54. The SMILES string of the molecule is CCCC[C@@H](O)CN1CCN(c2nc(-c3ccccc3)nc(C)c2Cc2ccccc2)CC1. The third-order valence-corrected chi connectivity index (χ3v) is 6.48. The van der Waals surface area contributed by atoms with E-state index in [1.807, 2.05) is 18.2 Å². The molecule has 1 aliphatic rings. The van der Waals surface area contributed by atoms with Crippen LogP contribution >= 0.6 is 0 Å². The van der Waals surface area contributed by atoms with Gasteiger partial charge in [0.05, 0.1) is 6.10 Å². The third-order valence-electron chi connectivity index (χ3n) is 6.48.